The van der Waals surface area contributed by atoms with Crippen LogP contribution in [0.15, 0.2) is 0 Å². The second-order valence-corrected chi connectivity index (χ2v) is 2.61. The lowest BCUT2D eigenvalue weighted by atomic mass is 10.3. The quantitative estimate of drug-likeness (QED) is 0.443. The minimum Gasteiger partial charge on any atom is -0.480 e. The van der Waals surface area contributed by atoms with Gasteiger partial charge in [-0.1, -0.05) is 0 Å². The maximum atomic E-state index is 9.57. The van der Waals surface area contributed by atoms with Crippen molar-refractivity contribution in [2.24, 2.45) is 5.73 Å². The van der Waals surface area contributed by atoms with Crippen molar-refractivity contribution in [2.75, 3.05) is 0 Å². The molecule has 74 valence electrons. The normalized spacial score (nSPS) is 16.8. The molecule has 3 atom stereocenters. The molecule has 0 fully saturated rings. The van der Waals surface area contributed by atoms with Crippen LogP contribution in [-0.2, 0) is 4.79 Å². The van der Waals surface area contributed by atoms with Crippen LogP contribution in [0.2, 0.25) is 0 Å². The first-order chi connectivity index (χ1) is 5.29. The molecule has 0 saturated carbocycles. The average molecular weight is 179 g/mol. The molecule has 0 aliphatic rings. The zero-order chi connectivity index (χ0) is 10.3. The van der Waals surface area contributed by atoms with E-state index in [9.17, 15) is 4.79 Å². The Hall–Kier alpha value is -0.650. The Labute approximate surface area is 71.8 Å². The molecule has 0 aromatic carbocycles. The van der Waals surface area contributed by atoms with Gasteiger partial charge in [0.15, 0.2) is 0 Å². The summed E-state index contributed by atoms with van der Waals surface area (Å²) in [5.41, 5.74) is 4.84. The predicted molar refractivity (Wildman–Crippen MR) is 44.6 cm³/mol. The van der Waals surface area contributed by atoms with Gasteiger partial charge in [0.1, 0.15) is 6.04 Å². The molecule has 0 rings (SSSR count). The summed E-state index contributed by atoms with van der Waals surface area (Å²) in [6, 6.07) is -0.731. The molecule has 12 heavy (non-hydrogen) atoms. The van der Waals surface area contributed by atoms with Crippen molar-refractivity contribution >= 4 is 5.97 Å². The van der Waals surface area contributed by atoms with Gasteiger partial charge >= 0.3 is 5.97 Å². The Morgan fingerprint density at radius 3 is 1.33 bits per heavy atom. The zero-order valence-corrected chi connectivity index (χ0v) is 7.56. The second kappa shape index (κ2) is 7.02. The van der Waals surface area contributed by atoms with Gasteiger partial charge < -0.3 is 21.1 Å². The monoisotopic (exact) mass is 179 g/mol. The summed E-state index contributed by atoms with van der Waals surface area (Å²) in [6.45, 7) is 4.51. The van der Waals surface area contributed by atoms with E-state index in [0.29, 0.717) is 0 Å². The molecule has 0 aromatic rings. The van der Waals surface area contributed by atoms with Crippen molar-refractivity contribution in [1.82, 2.24) is 0 Å². The van der Waals surface area contributed by atoms with Crippen LogP contribution in [0.1, 0.15) is 20.8 Å². The molecule has 0 heterocycles. The van der Waals surface area contributed by atoms with Gasteiger partial charge in [0, 0.05) is 0 Å². The Morgan fingerprint density at radius 1 is 1.17 bits per heavy atom. The number of hydrogen-bond donors (Lipinski definition) is 4. The van der Waals surface area contributed by atoms with Crippen LogP contribution in [-0.4, -0.2) is 39.5 Å². The molecule has 5 nitrogen and oxygen atoms in total. The van der Waals surface area contributed by atoms with Crippen molar-refractivity contribution in [2.45, 2.75) is 39.0 Å². The van der Waals surface area contributed by atoms with Crippen LogP contribution < -0.4 is 5.73 Å². The summed E-state index contributed by atoms with van der Waals surface area (Å²) in [5.74, 6) is -0.963. The molecule has 0 bridgehead atoms. The zero-order valence-electron chi connectivity index (χ0n) is 7.56. The lowest BCUT2D eigenvalue weighted by Gasteiger charge is -2.03. The Kier molecular flexibility index (Phi) is 8.14. The first kappa shape index (κ1) is 13.9. The van der Waals surface area contributed by atoms with Crippen LogP contribution >= 0.6 is 0 Å². The third-order valence-electron chi connectivity index (χ3n) is 1.09. The van der Waals surface area contributed by atoms with Crippen molar-refractivity contribution in [1.29, 1.82) is 0 Å². The SMILES string of the molecule is CC(O)C(C)O.C[C@@H](N)C(=O)O. The molecule has 0 aliphatic heterocycles. The molecule has 0 amide bonds. The Bertz CT molecular complexity index is 117. The van der Waals surface area contributed by atoms with Gasteiger partial charge in [0.25, 0.3) is 0 Å². The summed E-state index contributed by atoms with van der Waals surface area (Å²) in [5, 5.41) is 24.6. The van der Waals surface area contributed by atoms with Crippen molar-refractivity contribution in [3.05, 3.63) is 0 Å². The molecule has 5 heteroatoms. The highest BCUT2D eigenvalue weighted by Crippen LogP contribution is 1.85. The number of carboxylic acids is 1. The van der Waals surface area contributed by atoms with Crippen LogP contribution in [0.5, 0.6) is 0 Å². The fraction of sp³-hybridized carbons (Fsp3) is 0.857. The van der Waals surface area contributed by atoms with E-state index in [-0.39, 0.29) is 0 Å². The lowest BCUT2D eigenvalue weighted by molar-refractivity contribution is -0.138. The molecule has 0 aliphatic carbocycles. The molecule has 0 radical (unpaired) electrons. The first-order valence-corrected chi connectivity index (χ1v) is 3.63. The molecule has 0 aromatic heterocycles. The number of carbonyl (C=O) groups is 1. The van der Waals surface area contributed by atoms with E-state index >= 15 is 0 Å². The van der Waals surface area contributed by atoms with Gasteiger partial charge in [-0.2, -0.15) is 0 Å². The van der Waals surface area contributed by atoms with Gasteiger partial charge in [-0.3, -0.25) is 4.79 Å². The highest BCUT2D eigenvalue weighted by atomic mass is 16.4. The van der Waals surface area contributed by atoms with Crippen molar-refractivity contribution in [3.8, 4) is 0 Å². The minimum absolute atomic E-state index is 0.593. The third-order valence-corrected chi connectivity index (χ3v) is 1.09. The van der Waals surface area contributed by atoms with E-state index in [4.69, 9.17) is 21.1 Å². The smallest absolute Gasteiger partial charge is 0.320 e. The Balaban J connectivity index is 0. The molecule has 5 N–H and O–H groups in total. The number of nitrogens with two attached hydrogens (primary N) is 1. The highest BCUT2D eigenvalue weighted by Gasteiger charge is 2.00. The fourth-order valence-electron chi connectivity index (χ4n) is 0. The van der Waals surface area contributed by atoms with Crippen molar-refractivity contribution < 1.29 is 20.1 Å². The number of aliphatic hydroxyl groups excluding tert-OH is 2. The number of carboxylic acid groups (broad SMARTS) is 1. The lowest BCUT2D eigenvalue weighted by Crippen LogP contribution is -2.25. The number of aliphatic carboxylic acids is 1. The van der Waals surface area contributed by atoms with Gasteiger partial charge in [0.2, 0.25) is 0 Å². The summed E-state index contributed by atoms with van der Waals surface area (Å²) in [6.07, 6.45) is -1.19. The van der Waals surface area contributed by atoms with Gasteiger partial charge in [0.05, 0.1) is 12.2 Å². The van der Waals surface area contributed by atoms with E-state index < -0.39 is 24.2 Å². The maximum Gasteiger partial charge on any atom is 0.320 e. The van der Waals surface area contributed by atoms with Gasteiger partial charge in [-0.25, -0.2) is 0 Å². The number of hydrogen-bond acceptors (Lipinski definition) is 4. The molecule has 2 unspecified atom stereocenters. The summed E-state index contributed by atoms with van der Waals surface area (Å²) in [7, 11) is 0. The topological polar surface area (TPSA) is 104 Å². The Morgan fingerprint density at radius 2 is 1.33 bits per heavy atom. The van der Waals surface area contributed by atoms with Crippen LogP contribution in [0.4, 0.5) is 0 Å². The van der Waals surface area contributed by atoms with E-state index in [1.807, 2.05) is 0 Å². The standard InChI is InChI=1S/C4H10O2.C3H7NO2/c1-3(5)4(2)6;1-2(4)3(5)6/h3-6H,1-2H3;2H,4H2,1H3,(H,5,6)/t;2-/m.1/s1. The molecular weight excluding hydrogens is 162 g/mol. The first-order valence-electron chi connectivity index (χ1n) is 3.63. The molecular formula is C7H17NO4. The third kappa shape index (κ3) is 12.1. The summed E-state index contributed by atoms with van der Waals surface area (Å²) < 4.78 is 0. The van der Waals surface area contributed by atoms with Crippen LogP contribution in [0.3, 0.4) is 0 Å². The summed E-state index contributed by atoms with van der Waals surface area (Å²) in [4.78, 5) is 9.57. The van der Waals surface area contributed by atoms with Gasteiger partial charge in [-0.15, -0.1) is 0 Å². The van der Waals surface area contributed by atoms with Crippen molar-refractivity contribution in [3.63, 3.8) is 0 Å². The van der Waals surface area contributed by atoms with E-state index in [1.165, 1.54) is 6.92 Å². The maximum absolute atomic E-state index is 9.57. The molecule has 0 saturated heterocycles. The largest absolute Gasteiger partial charge is 0.480 e. The van der Waals surface area contributed by atoms with E-state index in [1.54, 1.807) is 13.8 Å². The number of aliphatic hydroxyl groups is 2. The van der Waals surface area contributed by atoms with Crippen LogP contribution in [0.25, 0.3) is 0 Å². The van der Waals surface area contributed by atoms with Gasteiger partial charge in [-0.05, 0) is 20.8 Å². The average Bonchev–Trinajstić information content (AvgIpc) is 1.88. The van der Waals surface area contributed by atoms with Crippen LogP contribution in [0, 0.1) is 0 Å². The minimum atomic E-state index is -0.963. The predicted octanol–water partition coefficient (Wildman–Crippen LogP) is -0.834. The molecule has 0 spiro atoms. The van der Waals surface area contributed by atoms with E-state index in [2.05, 4.69) is 0 Å². The fourth-order valence-corrected chi connectivity index (χ4v) is 0. The second-order valence-electron chi connectivity index (χ2n) is 2.61. The number of rotatable bonds is 2. The summed E-state index contributed by atoms with van der Waals surface area (Å²) >= 11 is 0. The highest BCUT2D eigenvalue weighted by molar-refractivity contribution is 5.72. The van der Waals surface area contributed by atoms with E-state index in [0.717, 1.165) is 0 Å².